The van der Waals surface area contributed by atoms with Crippen molar-refractivity contribution in [3.63, 3.8) is 0 Å². The second-order valence-electron chi connectivity index (χ2n) is 5.25. The monoisotopic (exact) mass is 297 g/mol. The Bertz CT molecular complexity index is 652. The van der Waals surface area contributed by atoms with Crippen LogP contribution >= 0.6 is 0 Å². The van der Waals surface area contributed by atoms with E-state index < -0.39 is 12.0 Å². The molecule has 1 unspecified atom stereocenters. The maximum Gasteiger partial charge on any atom is 0.326 e. The zero-order chi connectivity index (χ0) is 15.9. The Morgan fingerprint density at radius 2 is 1.68 bits per heavy atom. The molecular formula is C18H19NO3. The predicted molar refractivity (Wildman–Crippen MR) is 84.6 cm³/mol. The molecular weight excluding hydrogens is 278 g/mol. The number of hydrogen-bond acceptors (Lipinski definition) is 2. The summed E-state index contributed by atoms with van der Waals surface area (Å²) in [5, 5.41) is 11.9. The lowest BCUT2D eigenvalue weighted by atomic mass is 10.0. The summed E-state index contributed by atoms with van der Waals surface area (Å²) in [7, 11) is 0. The van der Waals surface area contributed by atoms with E-state index >= 15 is 0 Å². The SMILES string of the molecule is Cc1ccccc1CC(=O)NC(Cc1ccccc1)C(=O)O. The zero-order valence-corrected chi connectivity index (χ0v) is 12.5. The standard InChI is InChI=1S/C18H19NO3/c1-13-7-5-6-10-15(13)12-17(20)19-16(18(21)22)11-14-8-3-2-4-9-14/h2-10,16H,11-12H2,1H3,(H,19,20)(H,21,22). The Hall–Kier alpha value is -2.62. The smallest absolute Gasteiger partial charge is 0.326 e. The predicted octanol–water partition coefficient (Wildman–Crippen LogP) is 2.35. The van der Waals surface area contributed by atoms with Crippen LogP contribution in [0.4, 0.5) is 0 Å². The first-order valence-electron chi connectivity index (χ1n) is 7.17. The van der Waals surface area contributed by atoms with Gasteiger partial charge in [0, 0.05) is 6.42 Å². The van der Waals surface area contributed by atoms with E-state index in [9.17, 15) is 14.7 Å². The maximum atomic E-state index is 12.1. The molecule has 114 valence electrons. The lowest BCUT2D eigenvalue weighted by Crippen LogP contribution is -2.43. The average molecular weight is 297 g/mol. The van der Waals surface area contributed by atoms with Crippen molar-refractivity contribution in [2.24, 2.45) is 0 Å². The molecule has 0 fully saturated rings. The Morgan fingerprint density at radius 3 is 2.32 bits per heavy atom. The van der Waals surface area contributed by atoms with Gasteiger partial charge in [-0.05, 0) is 23.6 Å². The summed E-state index contributed by atoms with van der Waals surface area (Å²) in [4.78, 5) is 23.4. The van der Waals surface area contributed by atoms with Crippen LogP contribution in [0.2, 0.25) is 0 Å². The molecule has 4 nitrogen and oxygen atoms in total. The third kappa shape index (κ3) is 4.45. The second-order valence-corrected chi connectivity index (χ2v) is 5.25. The number of carboxylic acid groups (broad SMARTS) is 1. The molecule has 0 aliphatic carbocycles. The molecule has 0 heterocycles. The Morgan fingerprint density at radius 1 is 1.05 bits per heavy atom. The van der Waals surface area contributed by atoms with Gasteiger partial charge < -0.3 is 10.4 Å². The van der Waals surface area contributed by atoms with Crippen molar-refractivity contribution in [3.8, 4) is 0 Å². The molecule has 2 rings (SSSR count). The van der Waals surface area contributed by atoms with E-state index in [4.69, 9.17) is 0 Å². The summed E-state index contributed by atoms with van der Waals surface area (Å²) in [5.74, 6) is -1.31. The van der Waals surface area contributed by atoms with Gasteiger partial charge in [-0.2, -0.15) is 0 Å². The van der Waals surface area contributed by atoms with Crippen LogP contribution in [0.3, 0.4) is 0 Å². The number of aryl methyl sites for hydroxylation is 1. The molecule has 0 bridgehead atoms. The third-order valence-corrected chi connectivity index (χ3v) is 3.53. The highest BCUT2D eigenvalue weighted by molar-refractivity contribution is 5.85. The number of benzene rings is 2. The first-order valence-corrected chi connectivity index (χ1v) is 7.17. The molecule has 0 aromatic heterocycles. The van der Waals surface area contributed by atoms with E-state index in [1.165, 1.54) is 0 Å². The van der Waals surface area contributed by atoms with Crippen molar-refractivity contribution in [1.82, 2.24) is 5.32 Å². The molecule has 2 aromatic rings. The van der Waals surface area contributed by atoms with Crippen molar-refractivity contribution in [3.05, 3.63) is 71.3 Å². The number of carbonyl (C=O) groups is 2. The van der Waals surface area contributed by atoms with Gasteiger partial charge in [-0.3, -0.25) is 4.79 Å². The van der Waals surface area contributed by atoms with Gasteiger partial charge >= 0.3 is 5.97 Å². The molecule has 0 spiro atoms. The molecule has 2 aromatic carbocycles. The van der Waals surface area contributed by atoms with E-state index in [1.807, 2.05) is 61.5 Å². The highest BCUT2D eigenvalue weighted by Gasteiger charge is 2.20. The van der Waals surface area contributed by atoms with E-state index in [2.05, 4.69) is 5.32 Å². The normalized spacial score (nSPS) is 11.7. The van der Waals surface area contributed by atoms with Gasteiger partial charge in [0.2, 0.25) is 5.91 Å². The van der Waals surface area contributed by atoms with Gasteiger partial charge in [-0.15, -0.1) is 0 Å². The fraction of sp³-hybridized carbons (Fsp3) is 0.222. The summed E-state index contributed by atoms with van der Waals surface area (Å²) in [6.45, 7) is 1.93. The van der Waals surface area contributed by atoms with Crippen molar-refractivity contribution < 1.29 is 14.7 Å². The summed E-state index contributed by atoms with van der Waals surface area (Å²) in [6, 6.07) is 15.9. The molecule has 2 N–H and O–H groups in total. The highest BCUT2D eigenvalue weighted by Crippen LogP contribution is 2.08. The number of rotatable bonds is 6. The maximum absolute atomic E-state index is 12.1. The van der Waals surface area contributed by atoms with E-state index in [-0.39, 0.29) is 18.7 Å². The van der Waals surface area contributed by atoms with Crippen molar-refractivity contribution in [1.29, 1.82) is 0 Å². The van der Waals surface area contributed by atoms with Crippen LogP contribution in [0.1, 0.15) is 16.7 Å². The molecule has 0 saturated carbocycles. The largest absolute Gasteiger partial charge is 0.480 e. The van der Waals surface area contributed by atoms with Crippen LogP contribution in [0.5, 0.6) is 0 Å². The first kappa shape index (κ1) is 15.8. The number of aliphatic carboxylic acids is 1. The summed E-state index contributed by atoms with van der Waals surface area (Å²) < 4.78 is 0. The fourth-order valence-corrected chi connectivity index (χ4v) is 2.28. The highest BCUT2D eigenvalue weighted by atomic mass is 16.4. The number of carbonyl (C=O) groups excluding carboxylic acids is 1. The van der Waals surface area contributed by atoms with Crippen LogP contribution in [-0.2, 0) is 22.4 Å². The number of amides is 1. The Balaban J connectivity index is 2.00. The molecule has 0 radical (unpaired) electrons. The van der Waals surface area contributed by atoms with Crippen LogP contribution in [0.25, 0.3) is 0 Å². The zero-order valence-electron chi connectivity index (χ0n) is 12.5. The third-order valence-electron chi connectivity index (χ3n) is 3.53. The molecule has 0 saturated heterocycles. The number of nitrogens with one attached hydrogen (secondary N) is 1. The first-order chi connectivity index (χ1) is 10.6. The van der Waals surface area contributed by atoms with Gasteiger partial charge in [0.15, 0.2) is 0 Å². The number of carboxylic acids is 1. The lowest BCUT2D eigenvalue weighted by molar-refractivity contribution is -0.141. The van der Waals surface area contributed by atoms with Crippen LogP contribution in [0, 0.1) is 6.92 Å². The minimum Gasteiger partial charge on any atom is -0.480 e. The number of hydrogen-bond donors (Lipinski definition) is 2. The second kappa shape index (κ2) is 7.41. The molecule has 22 heavy (non-hydrogen) atoms. The molecule has 1 atom stereocenters. The fourth-order valence-electron chi connectivity index (χ4n) is 2.28. The molecule has 0 aliphatic heterocycles. The minimum absolute atomic E-state index is 0.186. The minimum atomic E-state index is -1.03. The quantitative estimate of drug-likeness (QED) is 0.860. The Labute approximate surface area is 129 Å². The topological polar surface area (TPSA) is 66.4 Å². The van der Waals surface area contributed by atoms with Gasteiger partial charge in [0.1, 0.15) is 6.04 Å². The summed E-state index contributed by atoms with van der Waals surface area (Å²) in [6.07, 6.45) is 0.459. The van der Waals surface area contributed by atoms with Crippen molar-refractivity contribution in [2.45, 2.75) is 25.8 Å². The van der Waals surface area contributed by atoms with E-state index in [0.717, 1.165) is 16.7 Å². The van der Waals surface area contributed by atoms with Gasteiger partial charge in [0.05, 0.1) is 6.42 Å². The molecule has 0 aliphatic rings. The Kier molecular flexibility index (Phi) is 5.31. The van der Waals surface area contributed by atoms with E-state index in [0.29, 0.717) is 0 Å². The van der Waals surface area contributed by atoms with Crippen LogP contribution < -0.4 is 5.32 Å². The van der Waals surface area contributed by atoms with Gasteiger partial charge in [-0.1, -0.05) is 54.6 Å². The van der Waals surface area contributed by atoms with E-state index in [1.54, 1.807) is 0 Å². The van der Waals surface area contributed by atoms with Crippen molar-refractivity contribution in [2.75, 3.05) is 0 Å². The van der Waals surface area contributed by atoms with Crippen LogP contribution in [0.15, 0.2) is 54.6 Å². The average Bonchev–Trinajstić information content (AvgIpc) is 2.50. The molecule has 1 amide bonds. The summed E-state index contributed by atoms with van der Waals surface area (Å²) >= 11 is 0. The summed E-state index contributed by atoms with van der Waals surface area (Å²) in [5.41, 5.74) is 2.81. The molecule has 4 heteroatoms. The van der Waals surface area contributed by atoms with Gasteiger partial charge in [0.25, 0.3) is 0 Å². The lowest BCUT2D eigenvalue weighted by Gasteiger charge is -2.15. The van der Waals surface area contributed by atoms with Crippen molar-refractivity contribution >= 4 is 11.9 Å². The van der Waals surface area contributed by atoms with Crippen LogP contribution in [-0.4, -0.2) is 23.0 Å². The van der Waals surface area contributed by atoms with Gasteiger partial charge in [-0.25, -0.2) is 4.79 Å².